The summed E-state index contributed by atoms with van der Waals surface area (Å²) in [6.45, 7) is 7.77. The zero-order valence-electron chi connectivity index (χ0n) is 13.5. The van der Waals surface area contributed by atoms with E-state index in [-0.39, 0.29) is 0 Å². The van der Waals surface area contributed by atoms with E-state index < -0.39 is 0 Å². The van der Waals surface area contributed by atoms with Crippen LogP contribution in [-0.2, 0) is 12.8 Å². The first kappa shape index (κ1) is 14.4. The van der Waals surface area contributed by atoms with Crippen molar-refractivity contribution < 1.29 is 0 Å². The number of aryl methyl sites for hydroxylation is 3. The second-order valence-corrected chi connectivity index (χ2v) is 7.62. The second kappa shape index (κ2) is 5.78. The van der Waals surface area contributed by atoms with Crippen LogP contribution in [0.3, 0.4) is 0 Å². The van der Waals surface area contributed by atoms with Gasteiger partial charge in [0.25, 0.3) is 0 Å². The molecule has 0 spiro atoms. The van der Waals surface area contributed by atoms with Gasteiger partial charge in [-0.3, -0.25) is 0 Å². The summed E-state index contributed by atoms with van der Waals surface area (Å²) in [6.07, 6.45) is 6.23. The molecule has 0 radical (unpaired) electrons. The maximum Gasteiger partial charge on any atom is 0.139 e. The van der Waals surface area contributed by atoms with E-state index in [9.17, 15) is 0 Å². The van der Waals surface area contributed by atoms with E-state index in [4.69, 9.17) is 4.98 Å². The fourth-order valence-corrected chi connectivity index (χ4v) is 5.17. The summed E-state index contributed by atoms with van der Waals surface area (Å²) in [7, 11) is 0. The molecule has 1 unspecified atom stereocenters. The van der Waals surface area contributed by atoms with Gasteiger partial charge < -0.3 is 10.2 Å². The molecule has 1 N–H and O–H groups in total. The number of likely N-dealkylation sites (tertiary alicyclic amines) is 1. The number of fused-ring (bicyclic) bond motifs is 3. The normalized spacial score (nSPS) is 22.2. The quantitative estimate of drug-likeness (QED) is 0.942. The number of hydrogen-bond acceptors (Lipinski definition) is 5. The fraction of sp³-hybridized carbons (Fsp3) is 0.647. The van der Waals surface area contributed by atoms with Gasteiger partial charge in [-0.2, -0.15) is 0 Å². The molecule has 0 bridgehead atoms. The van der Waals surface area contributed by atoms with Gasteiger partial charge in [-0.15, -0.1) is 11.3 Å². The Labute approximate surface area is 136 Å². The molecule has 2 aromatic heterocycles. The van der Waals surface area contributed by atoms with E-state index in [2.05, 4.69) is 22.1 Å². The third-order valence-corrected chi connectivity index (χ3v) is 6.16. The summed E-state index contributed by atoms with van der Waals surface area (Å²) >= 11 is 1.88. The molecule has 4 nitrogen and oxygen atoms in total. The molecule has 0 saturated carbocycles. The number of hydrogen-bond donors (Lipinski definition) is 1. The van der Waals surface area contributed by atoms with Crippen LogP contribution in [0.2, 0.25) is 0 Å². The highest BCUT2D eigenvalue weighted by atomic mass is 32.1. The van der Waals surface area contributed by atoms with Crippen molar-refractivity contribution in [3.63, 3.8) is 0 Å². The SMILES string of the molecule is CCN1CCCC(Nc2nc(C)nc3sc4c(c23)CCC4)C1. The average molecular weight is 316 g/mol. The van der Waals surface area contributed by atoms with Crippen molar-refractivity contribution in [1.82, 2.24) is 14.9 Å². The van der Waals surface area contributed by atoms with Gasteiger partial charge in [-0.1, -0.05) is 6.92 Å². The highest BCUT2D eigenvalue weighted by molar-refractivity contribution is 7.19. The Morgan fingerprint density at radius 1 is 1.27 bits per heavy atom. The molecular weight excluding hydrogens is 292 g/mol. The summed E-state index contributed by atoms with van der Waals surface area (Å²) in [5, 5.41) is 5.08. The minimum absolute atomic E-state index is 0.517. The molecule has 1 aliphatic carbocycles. The summed E-state index contributed by atoms with van der Waals surface area (Å²) < 4.78 is 0. The zero-order valence-corrected chi connectivity index (χ0v) is 14.3. The molecule has 3 heterocycles. The molecule has 118 valence electrons. The van der Waals surface area contributed by atoms with Gasteiger partial charge in [0.15, 0.2) is 0 Å². The number of aromatic nitrogens is 2. The summed E-state index contributed by atoms with van der Waals surface area (Å²) in [4.78, 5) is 14.7. The maximum atomic E-state index is 4.76. The topological polar surface area (TPSA) is 41.0 Å². The zero-order chi connectivity index (χ0) is 15.1. The molecule has 1 saturated heterocycles. The number of thiophene rings is 1. The average Bonchev–Trinajstić information content (AvgIpc) is 3.07. The van der Waals surface area contributed by atoms with Crippen LogP contribution in [0.25, 0.3) is 10.2 Å². The third kappa shape index (κ3) is 2.50. The van der Waals surface area contributed by atoms with E-state index >= 15 is 0 Å². The molecule has 1 atom stereocenters. The van der Waals surface area contributed by atoms with Crippen LogP contribution in [0.1, 0.15) is 42.5 Å². The summed E-state index contributed by atoms with van der Waals surface area (Å²) in [5.41, 5.74) is 1.52. The van der Waals surface area contributed by atoms with Crippen molar-refractivity contribution >= 4 is 27.4 Å². The molecule has 2 aromatic rings. The monoisotopic (exact) mass is 316 g/mol. The predicted molar refractivity (Wildman–Crippen MR) is 92.9 cm³/mol. The van der Waals surface area contributed by atoms with Crippen molar-refractivity contribution in [2.24, 2.45) is 0 Å². The minimum atomic E-state index is 0.517. The lowest BCUT2D eigenvalue weighted by Gasteiger charge is -2.32. The Balaban J connectivity index is 1.68. The number of rotatable bonds is 3. The van der Waals surface area contributed by atoms with Crippen molar-refractivity contribution in [3.8, 4) is 0 Å². The molecule has 1 aliphatic heterocycles. The first-order valence-electron chi connectivity index (χ1n) is 8.52. The molecule has 0 aromatic carbocycles. The van der Waals surface area contributed by atoms with Crippen LogP contribution in [0.5, 0.6) is 0 Å². The molecular formula is C17H24N4S. The van der Waals surface area contributed by atoms with Gasteiger partial charge >= 0.3 is 0 Å². The van der Waals surface area contributed by atoms with Crippen LogP contribution in [0.15, 0.2) is 0 Å². The molecule has 5 heteroatoms. The number of nitrogens with zero attached hydrogens (tertiary/aromatic N) is 3. The molecule has 2 aliphatic rings. The lowest BCUT2D eigenvalue weighted by atomic mass is 10.1. The number of piperidine rings is 1. The van der Waals surface area contributed by atoms with Crippen molar-refractivity contribution in [1.29, 1.82) is 0 Å². The lowest BCUT2D eigenvalue weighted by molar-refractivity contribution is 0.226. The van der Waals surface area contributed by atoms with Crippen molar-refractivity contribution in [3.05, 3.63) is 16.3 Å². The van der Waals surface area contributed by atoms with Crippen LogP contribution in [-0.4, -0.2) is 40.5 Å². The Morgan fingerprint density at radius 2 is 2.18 bits per heavy atom. The van der Waals surface area contributed by atoms with Crippen LogP contribution < -0.4 is 5.32 Å². The number of nitrogens with one attached hydrogen (secondary N) is 1. The first-order valence-corrected chi connectivity index (χ1v) is 9.34. The third-order valence-electron chi connectivity index (χ3n) is 4.97. The standard InChI is InChI=1S/C17H24N4S/c1-3-21-9-5-6-12(10-21)20-16-15-13-7-4-8-14(13)22-17(15)19-11(2)18-16/h12H,3-10H2,1-2H3,(H,18,19,20). The maximum absolute atomic E-state index is 4.76. The largest absolute Gasteiger partial charge is 0.365 e. The Kier molecular flexibility index (Phi) is 3.78. The van der Waals surface area contributed by atoms with Gasteiger partial charge in [0.1, 0.15) is 16.5 Å². The van der Waals surface area contributed by atoms with E-state index in [1.54, 1.807) is 0 Å². The van der Waals surface area contributed by atoms with Crippen molar-refractivity contribution in [2.75, 3.05) is 25.0 Å². The van der Waals surface area contributed by atoms with E-state index in [0.29, 0.717) is 6.04 Å². The van der Waals surface area contributed by atoms with Gasteiger partial charge in [0, 0.05) is 17.5 Å². The molecule has 4 rings (SSSR count). The highest BCUT2D eigenvalue weighted by Gasteiger charge is 2.24. The molecule has 1 fully saturated rings. The highest BCUT2D eigenvalue weighted by Crippen LogP contribution is 2.39. The lowest BCUT2D eigenvalue weighted by Crippen LogP contribution is -2.42. The smallest absolute Gasteiger partial charge is 0.139 e. The predicted octanol–water partition coefficient (Wildman–Crippen LogP) is 3.38. The van der Waals surface area contributed by atoms with E-state index in [0.717, 1.165) is 24.7 Å². The minimum Gasteiger partial charge on any atom is -0.365 e. The Morgan fingerprint density at radius 3 is 3.05 bits per heavy atom. The molecule has 22 heavy (non-hydrogen) atoms. The van der Waals surface area contributed by atoms with Gasteiger partial charge in [0.2, 0.25) is 0 Å². The van der Waals surface area contributed by atoms with Crippen LogP contribution in [0.4, 0.5) is 5.82 Å². The van der Waals surface area contributed by atoms with Gasteiger partial charge in [-0.25, -0.2) is 9.97 Å². The van der Waals surface area contributed by atoms with Gasteiger partial charge in [0.05, 0.1) is 5.39 Å². The van der Waals surface area contributed by atoms with Crippen LogP contribution in [0, 0.1) is 6.92 Å². The van der Waals surface area contributed by atoms with E-state index in [1.807, 2.05) is 18.3 Å². The molecule has 0 amide bonds. The number of anilines is 1. The Bertz CT molecular complexity index is 694. The number of likely N-dealkylation sites (N-methyl/N-ethyl adjacent to an activating group) is 1. The Hall–Kier alpha value is -1.20. The summed E-state index contributed by atoms with van der Waals surface area (Å²) in [5.74, 6) is 1.97. The summed E-state index contributed by atoms with van der Waals surface area (Å²) in [6, 6.07) is 0.517. The van der Waals surface area contributed by atoms with E-state index in [1.165, 1.54) is 59.3 Å². The second-order valence-electron chi connectivity index (χ2n) is 6.53. The fourth-order valence-electron chi connectivity index (χ4n) is 3.86. The van der Waals surface area contributed by atoms with Gasteiger partial charge in [-0.05, 0) is 57.7 Å². The van der Waals surface area contributed by atoms with Crippen molar-refractivity contribution in [2.45, 2.75) is 52.0 Å². The van der Waals surface area contributed by atoms with Crippen LogP contribution >= 0.6 is 11.3 Å². The first-order chi connectivity index (χ1) is 10.7.